The summed E-state index contributed by atoms with van der Waals surface area (Å²) >= 11 is 0. The Morgan fingerprint density at radius 1 is 1.09 bits per heavy atom. The van der Waals surface area contributed by atoms with E-state index in [9.17, 15) is 14.7 Å². The van der Waals surface area contributed by atoms with Gasteiger partial charge in [-0.1, -0.05) is 0 Å². The number of carbonyl (C=O) groups excluding carboxylic acids is 2. The van der Waals surface area contributed by atoms with Crippen LogP contribution in [-0.2, 0) is 9.47 Å². The minimum absolute atomic E-state index is 0.0789. The van der Waals surface area contributed by atoms with Crippen molar-refractivity contribution in [3.05, 3.63) is 34.9 Å². The van der Waals surface area contributed by atoms with Crippen LogP contribution in [0.4, 0.5) is 0 Å². The quantitative estimate of drug-likeness (QED) is 0.405. The molecule has 122 valence electrons. The standard InChI is InChI=1S/C14H20N2O6/c15-13(19)9-1-2-10(14(16)20)11(7-9)12(18)8-22-6-5-21-4-3-17/h1-2,7,12,17-18H,3-6,8H2,(H2,15,19)(H2,16,20). The minimum Gasteiger partial charge on any atom is -0.394 e. The van der Waals surface area contributed by atoms with Crippen LogP contribution in [0.1, 0.15) is 32.4 Å². The molecule has 0 radical (unpaired) electrons. The molecule has 1 atom stereocenters. The molecule has 1 rings (SSSR count). The number of aliphatic hydroxyl groups excluding tert-OH is 2. The lowest BCUT2D eigenvalue weighted by atomic mass is 9.99. The van der Waals surface area contributed by atoms with Crippen LogP contribution in [0.15, 0.2) is 18.2 Å². The second-order valence-electron chi connectivity index (χ2n) is 4.46. The second kappa shape index (κ2) is 9.11. The molecule has 1 unspecified atom stereocenters. The zero-order valence-corrected chi connectivity index (χ0v) is 12.0. The predicted octanol–water partition coefficient (Wildman–Crippen LogP) is -1.06. The summed E-state index contributed by atoms with van der Waals surface area (Å²) in [5, 5.41) is 18.6. The number of amides is 2. The molecule has 0 spiro atoms. The molecule has 0 aromatic heterocycles. The Balaban J connectivity index is 2.69. The molecule has 0 aliphatic carbocycles. The van der Waals surface area contributed by atoms with Crippen molar-refractivity contribution >= 4 is 11.8 Å². The summed E-state index contributed by atoms with van der Waals surface area (Å²) in [6.45, 7) is 0.490. The van der Waals surface area contributed by atoms with Crippen molar-refractivity contribution in [3.63, 3.8) is 0 Å². The summed E-state index contributed by atoms with van der Waals surface area (Å²) in [6, 6.07) is 4.02. The fourth-order valence-electron chi connectivity index (χ4n) is 1.79. The van der Waals surface area contributed by atoms with Crippen LogP contribution in [0.5, 0.6) is 0 Å². The van der Waals surface area contributed by atoms with Crippen molar-refractivity contribution in [1.29, 1.82) is 0 Å². The van der Waals surface area contributed by atoms with E-state index in [-0.39, 0.29) is 49.7 Å². The van der Waals surface area contributed by atoms with E-state index in [1.165, 1.54) is 18.2 Å². The van der Waals surface area contributed by atoms with Crippen molar-refractivity contribution in [2.45, 2.75) is 6.10 Å². The highest BCUT2D eigenvalue weighted by molar-refractivity contribution is 5.98. The first-order chi connectivity index (χ1) is 10.5. The van der Waals surface area contributed by atoms with Gasteiger partial charge in [-0.3, -0.25) is 9.59 Å². The van der Waals surface area contributed by atoms with Crippen LogP contribution >= 0.6 is 0 Å². The monoisotopic (exact) mass is 312 g/mol. The molecule has 8 nitrogen and oxygen atoms in total. The van der Waals surface area contributed by atoms with Crippen LogP contribution in [0, 0.1) is 0 Å². The molecule has 0 heterocycles. The SMILES string of the molecule is NC(=O)c1ccc(C(N)=O)c(C(O)COCCOCCO)c1. The molecule has 0 saturated heterocycles. The van der Waals surface area contributed by atoms with Gasteiger partial charge >= 0.3 is 0 Å². The third kappa shape index (κ3) is 5.41. The summed E-state index contributed by atoms with van der Waals surface area (Å²) in [7, 11) is 0. The van der Waals surface area contributed by atoms with Crippen molar-refractivity contribution in [3.8, 4) is 0 Å². The average molecular weight is 312 g/mol. The molecule has 6 N–H and O–H groups in total. The largest absolute Gasteiger partial charge is 0.394 e. The Morgan fingerprint density at radius 2 is 1.77 bits per heavy atom. The van der Waals surface area contributed by atoms with E-state index in [4.69, 9.17) is 26.0 Å². The third-order valence-corrected chi connectivity index (χ3v) is 2.84. The smallest absolute Gasteiger partial charge is 0.249 e. The molecule has 0 fully saturated rings. The topological polar surface area (TPSA) is 145 Å². The number of hydrogen-bond acceptors (Lipinski definition) is 6. The van der Waals surface area contributed by atoms with Crippen LogP contribution in [-0.4, -0.2) is 55.1 Å². The Bertz CT molecular complexity index is 520. The average Bonchev–Trinajstić information content (AvgIpc) is 2.49. The highest BCUT2D eigenvalue weighted by atomic mass is 16.5. The zero-order chi connectivity index (χ0) is 16.5. The molecule has 0 saturated carbocycles. The van der Waals surface area contributed by atoms with E-state index in [0.29, 0.717) is 0 Å². The Labute approximate surface area is 127 Å². The molecule has 0 aliphatic heterocycles. The van der Waals surface area contributed by atoms with Gasteiger partial charge < -0.3 is 31.2 Å². The van der Waals surface area contributed by atoms with Gasteiger partial charge in [0.05, 0.1) is 33.0 Å². The van der Waals surface area contributed by atoms with E-state index in [1.54, 1.807) is 0 Å². The summed E-state index contributed by atoms with van der Waals surface area (Å²) in [6.07, 6.45) is -1.14. The molecule has 0 aliphatic rings. The van der Waals surface area contributed by atoms with Crippen LogP contribution in [0.2, 0.25) is 0 Å². The number of nitrogens with two attached hydrogens (primary N) is 2. The number of primary amides is 2. The van der Waals surface area contributed by atoms with Crippen LogP contribution in [0.25, 0.3) is 0 Å². The molecular formula is C14H20N2O6. The van der Waals surface area contributed by atoms with Gasteiger partial charge in [-0.05, 0) is 23.8 Å². The van der Waals surface area contributed by atoms with Crippen molar-refractivity contribution in [2.24, 2.45) is 11.5 Å². The van der Waals surface area contributed by atoms with Crippen LogP contribution in [0.3, 0.4) is 0 Å². The maximum Gasteiger partial charge on any atom is 0.249 e. The van der Waals surface area contributed by atoms with Gasteiger partial charge in [0.2, 0.25) is 11.8 Å². The lowest BCUT2D eigenvalue weighted by Crippen LogP contribution is -2.20. The molecule has 22 heavy (non-hydrogen) atoms. The first-order valence-electron chi connectivity index (χ1n) is 6.65. The molecule has 0 bridgehead atoms. The summed E-state index contributed by atoms with van der Waals surface area (Å²) in [5.41, 5.74) is 10.8. The van der Waals surface area contributed by atoms with Gasteiger partial charge in [-0.25, -0.2) is 0 Å². The summed E-state index contributed by atoms with van der Waals surface area (Å²) < 4.78 is 10.2. The lowest BCUT2D eigenvalue weighted by Gasteiger charge is -2.15. The lowest BCUT2D eigenvalue weighted by molar-refractivity contribution is -0.00282. The van der Waals surface area contributed by atoms with Gasteiger partial charge in [0.1, 0.15) is 6.10 Å². The normalized spacial score (nSPS) is 12.1. The Hall–Kier alpha value is -2.00. The number of aliphatic hydroxyl groups is 2. The number of ether oxygens (including phenoxy) is 2. The Morgan fingerprint density at radius 3 is 2.36 bits per heavy atom. The molecule has 2 amide bonds. The Kier molecular flexibility index (Phi) is 7.47. The first-order valence-corrected chi connectivity index (χ1v) is 6.65. The van der Waals surface area contributed by atoms with E-state index < -0.39 is 17.9 Å². The summed E-state index contributed by atoms with van der Waals surface area (Å²) in [5.74, 6) is -1.40. The number of benzene rings is 1. The van der Waals surface area contributed by atoms with Gasteiger partial charge in [-0.2, -0.15) is 0 Å². The van der Waals surface area contributed by atoms with Gasteiger partial charge in [0.25, 0.3) is 0 Å². The fourth-order valence-corrected chi connectivity index (χ4v) is 1.79. The van der Waals surface area contributed by atoms with E-state index in [2.05, 4.69) is 0 Å². The van der Waals surface area contributed by atoms with E-state index in [1.807, 2.05) is 0 Å². The van der Waals surface area contributed by atoms with Crippen molar-refractivity contribution in [2.75, 3.05) is 33.0 Å². The highest BCUT2D eigenvalue weighted by Gasteiger charge is 2.18. The molecular weight excluding hydrogens is 292 g/mol. The van der Waals surface area contributed by atoms with E-state index >= 15 is 0 Å². The molecule has 1 aromatic carbocycles. The summed E-state index contributed by atoms with van der Waals surface area (Å²) in [4.78, 5) is 22.5. The van der Waals surface area contributed by atoms with Gasteiger partial charge in [-0.15, -0.1) is 0 Å². The first kappa shape index (κ1) is 18.1. The number of hydrogen-bond donors (Lipinski definition) is 4. The fraction of sp³-hybridized carbons (Fsp3) is 0.429. The molecule has 8 heteroatoms. The predicted molar refractivity (Wildman–Crippen MR) is 77.2 cm³/mol. The highest BCUT2D eigenvalue weighted by Crippen LogP contribution is 2.20. The maximum absolute atomic E-state index is 11.4. The minimum atomic E-state index is -1.14. The van der Waals surface area contributed by atoms with E-state index in [0.717, 1.165) is 0 Å². The van der Waals surface area contributed by atoms with Crippen molar-refractivity contribution < 1.29 is 29.3 Å². The van der Waals surface area contributed by atoms with Crippen LogP contribution < -0.4 is 11.5 Å². The van der Waals surface area contributed by atoms with Gasteiger partial charge in [0.15, 0.2) is 0 Å². The maximum atomic E-state index is 11.4. The molecule has 1 aromatic rings. The third-order valence-electron chi connectivity index (χ3n) is 2.84. The number of carbonyl (C=O) groups is 2. The number of rotatable bonds is 10. The van der Waals surface area contributed by atoms with Gasteiger partial charge in [0, 0.05) is 11.1 Å². The second-order valence-corrected chi connectivity index (χ2v) is 4.46. The van der Waals surface area contributed by atoms with Crippen molar-refractivity contribution in [1.82, 2.24) is 0 Å². The zero-order valence-electron chi connectivity index (χ0n) is 12.0.